The molecule has 5 nitrogen and oxygen atoms in total. The van der Waals surface area contributed by atoms with Gasteiger partial charge in [-0.2, -0.15) is 0 Å². The number of carbonyl (C=O) groups is 2. The van der Waals surface area contributed by atoms with Gasteiger partial charge in [0.25, 0.3) is 0 Å². The minimum atomic E-state index is -0.960. The highest BCUT2D eigenvalue weighted by Crippen LogP contribution is 2.34. The molecule has 0 unspecified atom stereocenters. The van der Waals surface area contributed by atoms with Gasteiger partial charge < -0.3 is 9.84 Å². The summed E-state index contributed by atoms with van der Waals surface area (Å²) in [6, 6.07) is 6.59. The molecule has 1 heterocycles. The van der Waals surface area contributed by atoms with Gasteiger partial charge in [-0.25, -0.2) is 9.59 Å². The van der Waals surface area contributed by atoms with Crippen LogP contribution in [-0.2, 0) is 4.74 Å². The van der Waals surface area contributed by atoms with Crippen molar-refractivity contribution in [1.82, 2.24) is 4.90 Å². The van der Waals surface area contributed by atoms with Gasteiger partial charge >= 0.3 is 12.1 Å². The van der Waals surface area contributed by atoms with E-state index in [0.717, 1.165) is 35.0 Å². The molecule has 1 N–H and O–H groups in total. The Morgan fingerprint density at radius 1 is 1.12 bits per heavy atom. The predicted octanol–water partition coefficient (Wildman–Crippen LogP) is 4.87. The van der Waals surface area contributed by atoms with Crippen molar-refractivity contribution in [3.63, 3.8) is 0 Å². The minimum absolute atomic E-state index is 0.233. The number of halogens is 1. The predicted molar refractivity (Wildman–Crippen MR) is 96.0 cm³/mol. The lowest BCUT2D eigenvalue weighted by Gasteiger charge is -2.33. The number of nitrogens with zero attached hydrogens (tertiary/aromatic N) is 1. The summed E-state index contributed by atoms with van der Waals surface area (Å²) >= 11 is 3.58. The average Bonchev–Trinajstić information content (AvgIpc) is 2.52. The first-order chi connectivity index (χ1) is 11.2. The Morgan fingerprint density at radius 2 is 1.71 bits per heavy atom. The lowest BCUT2D eigenvalue weighted by atomic mass is 10.0. The fourth-order valence-corrected chi connectivity index (χ4v) is 3.18. The van der Waals surface area contributed by atoms with Crippen LogP contribution in [0, 0.1) is 0 Å². The van der Waals surface area contributed by atoms with Crippen LogP contribution >= 0.6 is 15.9 Å². The molecule has 0 saturated carbocycles. The maximum Gasteiger partial charge on any atom is 0.414 e. The normalized spacial score (nSPS) is 17.4. The molecule has 1 aromatic rings. The number of likely N-dealkylation sites (tertiary alicyclic amines) is 1. The fraction of sp³-hybridized carbons (Fsp3) is 0.444. The van der Waals surface area contributed by atoms with Gasteiger partial charge in [-0.05, 0) is 73.7 Å². The SMILES string of the molecule is CC(C)(C)OC(=O)N1CCCCC1=C(Br)c1ccc(C(=O)O)cc1. The molecule has 0 atom stereocenters. The zero-order chi connectivity index (χ0) is 17.9. The third-order valence-electron chi connectivity index (χ3n) is 3.62. The molecule has 6 heteroatoms. The van der Waals surface area contributed by atoms with E-state index in [1.807, 2.05) is 20.8 Å². The third-order valence-corrected chi connectivity index (χ3v) is 4.54. The van der Waals surface area contributed by atoms with E-state index in [4.69, 9.17) is 9.84 Å². The molecule has 1 aliphatic rings. The van der Waals surface area contributed by atoms with Crippen molar-refractivity contribution in [2.45, 2.75) is 45.6 Å². The van der Waals surface area contributed by atoms with Gasteiger partial charge in [-0.15, -0.1) is 0 Å². The fourth-order valence-electron chi connectivity index (χ4n) is 2.50. The number of hydrogen-bond donors (Lipinski definition) is 1. The molecule has 0 aliphatic carbocycles. The maximum absolute atomic E-state index is 12.5. The van der Waals surface area contributed by atoms with Gasteiger partial charge in [0.1, 0.15) is 5.60 Å². The summed E-state index contributed by atoms with van der Waals surface area (Å²) in [5, 5.41) is 8.99. The Labute approximate surface area is 150 Å². The monoisotopic (exact) mass is 395 g/mol. The number of carboxylic acids is 1. The number of hydrogen-bond acceptors (Lipinski definition) is 3. The zero-order valence-corrected chi connectivity index (χ0v) is 15.7. The van der Waals surface area contributed by atoms with E-state index in [-0.39, 0.29) is 11.7 Å². The molecule has 1 fully saturated rings. The Morgan fingerprint density at radius 3 is 2.25 bits per heavy atom. The molecule has 0 bridgehead atoms. The Hall–Kier alpha value is -1.82. The Kier molecular flexibility index (Phi) is 5.70. The standard InChI is InChI=1S/C18H22BrNO4/c1-18(2,3)24-17(23)20-11-5-4-6-14(20)15(19)12-7-9-13(10-8-12)16(21)22/h7-10H,4-6,11H2,1-3H3,(H,21,22). The Bertz CT molecular complexity index is 659. The van der Waals surface area contributed by atoms with Crippen molar-refractivity contribution in [1.29, 1.82) is 0 Å². The maximum atomic E-state index is 12.5. The van der Waals surface area contributed by atoms with E-state index in [0.29, 0.717) is 6.54 Å². The van der Waals surface area contributed by atoms with Crippen molar-refractivity contribution >= 4 is 32.5 Å². The van der Waals surface area contributed by atoms with Crippen LogP contribution in [0.5, 0.6) is 0 Å². The number of carboxylic acid groups (broad SMARTS) is 1. The summed E-state index contributed by atoms with van der Waals surface area (Å²) in [6.07, 6.45) is 2.34. The molecule has 1 aliphatic heterocycles. The van der Waals surface area contributed by atoms with Crippen LogP contribution in [0.25, 0.3) is 4.48 Å². The number of piperidine rings is 1. The van der Waals surface area contributed by atoms with Crippen molar-refractivity contribution < 1.29 is 19.4 Å². The highest BCUT2D eigenvalue weighted by atomic mass is 79.9. The number of ether oxygens (including phenoxy) is 1. The van der Waals surface area contributed by atoms with E-state index in [9.17, 15) is 9.59 Å². The molecule has 24 heavy (non-hydrogen) atoms. The number of benzene rings is 1. The quantitative estimate of drug-likeness (QED) is 0.775. The van der Waals surface area contributed by atoms with Crippen molar-refractivity contribution in [3.8, 4) is 0 Å². The van der Waals surface area contributed by atoms with Gasteiger partial charge in [0.05, 0.1) is 5.56 Å². The number of allylic oxidation sites excluding steroid dienone is 1. The highest BCUT2D eigenvalue weighted by Gasteiger charge is 2.28. The molecule has 2 rings (SSSR count). The van der Waals surface area contributed by atoms with Gasteiger partial charge in [0.2, 0.25) is 0 Å². The molecular weight excluding hydrogens is 374 g/mol. The first-order valence-corrected chi connectivity index (χ1v) is 8.71. The van der Waals surface area contributed by atoms with Crippen molar-refractivity contribution in [2.24, 2.45) is 0 Å². The van der Waals surface area contributed by atoms with Gasteiger partial charge in [0.15, 0.2) is 0 Å². The molecule has 1 aromatic carbocycles. The van der Waals surface area contributed by atoms with Crippen molar-refractivity contribution in [3.05, 3.63) is 41.1 Å². The minimum Gasteiger partial charge on any atom is -0.478 e. The molecular formula is C18H22BrNO4. The first kappa shape index (κ1) is 18.5. The molecule has 0 radical (unpaired) electrons. The molecule has 0 spiro atoms. The van der Waals surface area contributed by atoms with E-state index in [1.165, 1.54) is 0 Å². The second kappa shape index (κ2) is 7.38. The van der Waals surface area contributed by atoms with Gasteiger partial charge in [-0.1, -0.05) is 12.1 Å². The van der Waals surface area contributed by atoms with Crippen LogP contribution in [0.1, 0.15) is 56.0 Å². The van der Waals surface area contributed by atoms with Crippen LogP contribution in [0.15, 0.2) is 30.0 Å². The van der Waals surface area contributed by atoms with Crippen molar-refractivity contribution in [2.75, 3.05) is 6.54 Å². The molecule has 130 valence electrons. The smallest absolute Gasteiger partial charge is 0.414 e. The Balaban J connectivity index is 2.31. The summed E-state index contributed by atoms with van der Waals surface area (Å²) in [5.74, 6) is -0.960. The van der Waals surface area contributed by atoms with Gasteiger partial charge in [0, 0.05) is 16.7 Å². The average molecular weight is 396 g/mol. The summed E-state index contributed by atoms with van der Waals surface area (Å²) in [7, 11) is 0. The summed E-state index contributed by atoms with van der Waals surface area (Å²) in [4.78, 5) is 25.1. The highest BCUT2D eigenvalue weighted by molar-refractivity contribution is 9.15. The number of amides is 1. The lowest BCUT2D eigenvalue weighted by Crippen LogP contribution is -2.38. The van der Waals surface area contributed by atoms with Crippen LogP contribution < -0.4 is 0 Å². The van der Waals surface area contributed by atoms with Crippen LogP contribution in [0.4, 0.5) is 4.79 Å². The summed E-state index contributed by atoms with van der Waals surface area (Å²) in [5.41, 5.74) is 1.40. The molecule has 0 aromatic heterocycles. The number of rotatable bonds is 2. The van der Waals surface area contributed by atoms with E-state index in [2.05, 4.69) is 15.9 Å². The molecule has 1 amide bonds. The number of carbonyl (C=O) groups excluding carboxylic acids is 1. The lowest BCUT2D eigenvalue weighted by molar-refractivity contribution is 0.0288. The second-order valence-corrected chi connectivity index (χ2v) is 7.53. The number of aromatic carboxylic acids is 1. The van der Waals surface area contributed by atoms with E-state index >= 15 is 0 Å². The van der Waals surface area contributed by atoms with Gasteiger partial charge in [-0.3, -0.25) is 4.90 Å². The molecule has 1 saturated heterocycles. The zero-order valence-electron chi connectivity index (χ0n) is 14.1. The first-order valence-electron chi connectivity index (χ1n) is 7.92. The van der Waals surface area contributed by atoms with E-state index < -0.39 is 11.6 Å². The largest absolute Gasteiger partial charge is 0.478 e. The van der Waals surface area contributed by atoms with Crippen LogP contribution in [-0.4, -0.2) is 34.2 Å². The second-order valence-electron chi connectivity index (χ2n) is 6.73. The summed E-state index contributed by atoms with van der Waals surface area (Å²) in [6.45, 7) is 6.15. The van der Waals surface area contributed by atoms with Crippen LogP contribution in [0.3, 0.4) is 0 Å². The summed E-state index contributed by atoms with van der Waals surface area (Å²) < 4.78 is 6.29. The van der Waals surface area contributed by atoms with E-state index in [1.54, 1.807) is 29.2 Å². The third kappa shape index (κ3) is 4.60. The topological polar surface area (TPSA) is 66.8 Å². The van der Waals surface area contributed by atoms with Crippen LogP contribution in [0.2, 0.25) is 0 Å².